The molecule has 1 aromatic heterocycles. The first kappa shape index (κ1) is 6.16. The predicted octanol–water partition coefficient (Wildman–Crippen LogP) is 1.74. The Morgan fingerprint density at radius 3 is 3.27 bits per heavy atom. The van der Waals surface area contributed by atoms with Crippen molar-refractivity contribution in [1.29, 1.82) is 0 Å². The first-order chi connectivity index (χ1) is 5.36. The van der Waals surface area contributed by atoms with Crippen LogP contribution in [0.5, 0.6) is 5.75 Å². The summed E-state index contributed by atoms with van der Waals surface area (Å²) in [6.07, 6.45) is 1.70. The van der Waals surface area contributed by atoms with E-state index in [1.54, 1.807) is 12.3 Å². The summed E-state index contributed by atoms with van der Waals surface area (Å²) < 4.78 is 0. The molecule has 1 radical (unpaired) electrons. The summed E-state index contributed by atoms with van der Waals surface area (Å²) >= 11 is 0. The van der Waals surface area contributed by atoms with Crippen molar-refractivity contribution >= 4 is 10.9 Å². The lowest BCUT2D eigenvalue weighted by Crippen LogP contribution is -1.75. The Labute approximate surface area is 64.1 Å². The van der Waals surface area contributed by atoms with Gasteiger partial charge in [-0.15, -0.1) is 0 Å². The molecule has 0 spiro atoms. The molecule has 0 fully saturated rings. The number of phenols is 1. The number of aromatic hydroxyl groups is 1. The van der Waals surface area contributed by atoms with E-state index in [-0.39, 0.29) is 5.75 Å². The maximum atomic E-state index is 9.07. The van der Waals surface area contributed by atoms with Gasteiger partial charge in [0.25, 0.3) is 0 Å². The Morgan fingerprint density at radius 2 is 2.36 bits per heavy atom. The van der Waals surface area contributed by atoms with Crippen LogP contribution in [0.4, 0.5) is 0 Å². The fraction of sp³-hybridized carbons (Fsp3) is 0. The average molecular weight is 144 g/mol. The smallest absolute Gasteiger partial charge is 0.116 e. The molecule has 0 aliphatic rings. The Kier molecular flexibility index (Phi) is 1.25. The van der Waals surface area contributed by atoms with Gasteiger partial charge in [0.1, 0.15) is 5.75 Å². The van der Waals surface area contributed by atoms with E-state index in [1.807, 2.05) is 12.1 Å². The molecule has 2 heteroatoms. The van der Waals surface area contributed by atoms with Crippen LogP contribution < -0.4 is 0 Å². The van der Waals surface area contributed by atoms with E-state index in [2.05, 4.69) is 11.1 Å². The van der Waals surface area contributed by atoms with Gasteiger partial charge in [-0.3, -0.25) is 4.98 Å². The van der Waals surface area contributed by atoms with Crippen molar-refractivity contribution in [3.05, 3.63) is 36.5 Å². The molecule has 53 valence electrons. The third kappa shape index (κ3) is 1.03. The van der Waals surface area contributed by atoms with E-state index in [1.165, 1.54) is 6.07 Å². The number of pyridine rings is 1. The molecule has 0 atom stereocenters. The third-order valence-electron chi connectivity index (χ3n) is 1.50. The summed E-state index contributed by atoms with van der Waals surface area (Å²) in [7, 11) is 0. The first-order valence-electron chi connectivity index (χ1n) is 3.32. The Hall–Kier alpha value is -1.57. The number of aromatic nitrogens is 1. The highest BCUT2D eigenvalue weighted by atomic mass is 16.3. The molecule has 2 nitrogen and oxygen atoms in total. The number of phenolic OH excluding ortho intramolecular Hbond substituents is 1. The molecule has 0 aliphatic heterocycles. The van der Waals surface area contributed by atoms with Crippen LogP contribution in [0.25, 0.3) is 10.9 Å². The minimum atomic E-state index is 0.227. The van der Waals surface area contributed by atoms with Crippen molar-refractivity contribution in [2.45, 2.75) is 0 Å². The summed E-state index contributed by atoms with van der Waals surface area (Å²) in [6, 6.07) is 9.75. The molecule has 1 heterocycles. The third-order valence-corrected chi connectivity index (χ3v) is 1.50. The van der Waals surface area contributed by atoms with E-state index in [4.69, 9.17) is 5.11 Å². The molecular weight excluding hydrogens is 138 g/mol. The van der Waals surface area contributed by atoms with Gasteiger partial charge >= 0.3 is 0 Å². The van der Waals surface area contributed by atoms with Gasteiger partial charge in [0, 0.05) is 17.6 Å². The Balaban J connectivity index is 2.83. The van der Waals surface area contributed by atoms with E-state index in [0.717, 1.165) is 10.9 Å². The summed E-state index contributed by atoms with van der Waals surface area (Å²) in [5.41, 5.74) is 0.783. The highest BCUT2D eigenvalue weighted by Gasteiger charge is 1.93. The molecule has 2 aromatic rings. The maximum absolute atomic E-state index is 9.07. The average Bonchev–Trinajstić information content (AvgIpc) is 2.04. The number of hydrogen-bond acceptors (Lipinski definition) is 2. The van der Waals surface area contributed by atoms with Gasteiger partial charge < -0.3 is 5.11 Å². The second kappa shape index (κ2) is 2.23. The molecule has 1 N–H and O–H groups in total. The molecule has 1 aromatic carbocycles. The van der Waals surface area contributed by atoms with Gasteiger partial charge in [0.15, 0.2) is 0 Å². The van der Waals surface area contributed by atoms with Crippen LogP contribution in [0.2, 0.25) is 0 Å². The molecule has 0 unspecified atom stereocenters. The summed E-state index contributed by atoms with van der Waals surface area (Å²) in [4.78, 5) is 4.06. The van der Waals surface area contributed by atoms with Gasteiger partial charge in [-0.1, -0.05) is 6.07 Å². The van der Waals surface area contributed by atoms with Crippen molar-refractivity contribution in [1.82, 2.24) is 4.98 Å². The lowest BCUT2D eigenvalue weighted by atomic mass is 10.2. The van der Waals surface area contributed by atoms with Crippen molar-refractivity contribution in [3.63, 3.8) is 0 Å². The van der Waals surface area contributed by atoms with Crippen molar-refractivity contribution in [3.8, 4) is 5.75 Å². The van der Waals surface area contributed by atoms with Gasteiger partial charge in [0.05, 0.1) is 5.52 Å². The monoisotopic (exact) mass is 144 g/mol. The fourth-order valence-electron chi connectivity index (χ4n) is 0.998. The van der Waals surface area contributed by atoms with Crippen LogP contribution in [-0.4, -0.2) is 10.1 Å². The zero-order valence-electron chi connectivity index (χ0n) is 5.78. The standard InChI is InChI=1S/C9H6NO/c11-8-3-4-9-7(6-8)2-1-5-10-9/h1-3,5-6,11H. The minimum absolute atomic E-state index is 0.227. The summed E-state index contributed by atoms with van der Waals surface area (Å²) in [6.45, 7) is 0. The highest BCUT2D eigenvalue weighted by molar-refractivity contribution is 5.78. The first-order valence-corrected chi connectivity index (χ1v) is 3.32. The minimum Gasteiger partial charge on any atom is -0.508 e. The second-order valence-corrected chi connectivity index (χ2v) is 2.30. The summed E-state index contributed by atoms with van der Waals surface area (Å²) in [5, 5.41) is 9.98. The lowest BCUT2D eigenvalue weighted by Gasteiger charge is -1.94. The van der Waals surface area contributed by atoms with Gasteiger partial charge in [-0.05, 0) is 18.2 Å². The van der Waals surface area contributed by atoms with E-state index < -0.39 is 0 Å². The highest BCUT2D eigenvalue weighted by Crippen LogP contribution is 2.16. The second-order valence-electron chi connectivity index (χ2n) is 2.30. The molecule has 11 heavy (non-hydrogen) atoms. The maximum Gasteiger partial charge on any atom is 0.116 e. The molecule has 2 rings (SSSR count). The van der Waals surface area contributed by atoms with Crippen LogP contribution >= 0.6 is 0 Å². The molecule has 0 saturated carbocycles. The SMILES string of the molecule is Oc1c[c]c2ncccc2c1. The Bertz CT molecular complexity index is 384. The molecule has 0 amide bonds. The number of rotatable bonds is 0. The molecule has 0 saturated heterocycles. The quantitative estimate of drug-likeness (QED) is 0.611. The van der Waals surface area contributed by atoms with Crippen LogP contribution in [0.3, 0.4) is 0 Å². The molecule has 0 aliphatic carbocycles. The largest absolute Gasteiger partial charge is 0.508 e. The number of hydrogen-bond donors (Lipinski definition) is 1. The van der Waals surface area contributed by atoms with Crippen LogP contribution in [0.1, 0.15) is 0 Å². The van der Waals surface area contributed by atoms with Gasteiger partial charge in [-0.25, -0.2) is 0 Å². The fourth-order valence-corrected chi connectivity index (χ4v) is 0.998. The molecule has 0 bridgehead atoms. The molecular formula is C9H6NO. The van der Waals surface area contributed by atoms with Crippen molar-refractivity contribution < 1.29 is 5.11 Å². The predicted molar refractivity (Wildman–Crippen MR) is 42.2 cm³/mol. The number of fused-ring (bicyclic) bond motifs is 1. The van der Waals surface area contributed by atoms with Crippen molar-refractivity contribution in [2.75, 3.05) is 0 Å². The van der Waals surface area contributed by atoms with Crippen LogP contribution in [0, 0.1) is 6.07 Å². The zero-order valence-corrected chi connectivity index (χ0v) is 5.78. The summed E-state index contributed by atoms with van der Waals surface area (Å²) in [5.74, 6) is 0.227. The van der Waals surface area contributed by atoms with Gasteiger partial charge in [-0.2, -0.15) is 0 Å². The van der Waals surface area contributed by atoms with E-state index in [0.29, 0.717) is 0 Å². The topological polar surface area (TPSA) is 33.1 Å². The van der Waals surface area contributed by atoms with Gasteiger partial charge in [0.2, 0.25) is 0 Å². The number of nitrogens with zero attached hydrogens (tertiary/aromatic N) is 1. The van der Waals surface area contributed by atoms with E-state index >= 15 is 0 Å². The van der Waals surface area contributed by atoms with E-state index in [9.17, 15) is 0 Å². The zero-order chi connectivity index (χ0) is 7.68. The van der Waals surface area contributed by atoms with Crippen LogP contribution in [-0.2, 0) is 0 Å². The lowest BCUT2D eigenvalue weighted by molar-refractivity contribution is 0.476. The van der Waals surface area contributed by atoms with Crippen LogP contribution in [0.15, 0.2) is 30.5 Å². The van der Waals surface area contributed by atoms with Crippen molar-refractivity contribution in [2.24, 2.45) is 0 Å². The normalized spacial score (nSPS) is 10.2. The number of benzene rings is 1. The Morgan fingerprint density at radius 1 is 1.45 bits per heavy atom.